The van der Waals surface area contributed by atoms with Crippen molar-refractivity contribution in [3.8, 4) is 28.5 Å². The lowest BCUT2D eigenvalue weighted by Crippen LogP contribution is -2.18. The van der Waals surface area contributed by atoms with Crippen LogP contribution in [-0.4, -0.2) is 36.5 Å². The van der Waals surface area contributed by atoms with Gasteiger partial charge < -0.3 is 4.74 Å². The first-order valence-electron chi connectivity index (χ1n) is 11.1. The normalized spacial score (nSPS) is 15.9. The van der Waals surface area contributed by atoms with E-state index in [0.29, 0.717) is 11.7 Å². The third kappa shape index (κ3) is 3.32. The van der Waals surface area contributed by atoms with Gasteiger partial charge in [0, 0.05) is 0 Å². The van der Waals surface area contributed by atoms with Crippen LogP contribution in [-0.2, 0) is 0 Å². The third-order valence-electron chi connectivity index (χ3n) is 6.36. The molecule has 162 valence electrons. The number of benzene rings is 1. The van der Waals surface area contributed by atoms with Gasteiger partial charge in [-0.25, -0.2) is 9.36 Å². The summed E-state index contributed by atoms with van der Waals surface area (Å²) < 4.78 is 10.9. The molecule has 0 radical (unpaired) electrons. The van der Waals surface area contributed by atoms with E-state index < -0.39 is 0 Å². The van der Waals surface area contributed by atoms with Crippen LogP contribution in [0.4, 0.5) is 0 Å². The Morgan fingerprint density at radius 3 is 2.41 bits per heavy atom. The zero-order valence-corrected chi connectivity index (χ0v) is 17.8. The first-order chi connectivity index (χ1) is 15.7. The number of para-hydroxylation sites is 1. The maximum absolute atomic E-state index is 13.1. The first kappa shape index (κ1) is 19.0. The highest BCUT2D eigenvalue weighted by atomic mass is 16.5. The van der Waals surface area contributed by atoms with Crippen molar-refractivity contribution >= 4 is 0 Å². The second kappa shape index (κ2) is 7.47. The maximum atomic E-state index is 13.1. The number of hydrogen-bond acceptors (Lipinski definition) is 5. The summed E-state index contributed by atoms with van der Waals surface area (Å²) in [5, 5.41) is 13.8. The Morgan fingerprint density at radius 1 is 0.969 bits per heavy atom. The quantitative estimate of drug-likeness (QED) is 0.449. The molecule has 2 aliphatic carbocycles. The van der Waals surface area contributed by atoms with Crippen molar-refractivity contribution < 1.29 is 4.74 Å². The molecule has 0 saturated heterocycles. The lowest BCUT2D eigenvalue weighted by atomic mass is 10.1. The van der Waals surface area contributed by atoms with Gasteiger partial charge in [0.1, 0.15) is 5.69 Å². The van der Waals surface area contributed by atoms with Crippen LogP contribution < -0.4 is 10.2 Å². The fourth-order valence-corrected chi connectivity index (χ4v) is 4.47. The first-order valence-corrected chi connectivity index (χ1v) is 11.1. The zero-order valence-electron chi connectivity index (χ0n) is 17.8. The molecular formula is C24H24N6O2. The molecule has 8 heteroatoms. The Morgan fingerprint density at radius 2 is 1.72 bits per heavy atom. The fraction of sp³-hybridized carbons (Fsp3) is 0.333. The van der Waals surface area contributed by atoms with Crippen LogP contribution in [0.5, 0.6) is 5.75 Å². The molecule has 2 aliphatic rings. The van der Waals surface area contributed by atoms with Gasteiger partial charge in [-0.2, -0.15) is 15.3 Å². The number of methoxy groups -OCH3 is 1. The topological polar surface area (TPSA) is 79.8 Å². The van der Waals surface area contributed by atoms with Crippen molar-refractivity contribution in [2.75, 3.05) is 7.11 Å². The van der Waals surface area contributed by atoms with E-state index in [2.05, 4.69) is 20.0 Å². The van der Waals surface area contributed by atoms with Crippen LogP contribution in [0.2, 0.25) is 0 Å². The largest absolute Gasteiger partial charge is 0.491 e. The third-order valence-corrected chi connectivity index (χ3v) is 6.36. The minimum atomic E-state index is -0.275. The Balaban J connectivity index is 1.43. The van der Waals surface area contributed by atoms with Crippen molar-refractivity contribution in [2.24, 2.45) is 11.8 Å². The fourth-order valence-electron chi connectivity index (χ4n) is 4.47. The van der Waals surface area contributed by atoms with E-state index in [1.54, 1.807) is 27.8 Å². The van der Waals surface area contributed by atoms with Crippen molar-refractivity contribution in [3.05, 3.63) is 71.4 Å². The van der Waals surface area contributed by atoms with E-state index in [-0.39, 0.29) is 16.9 Å². The predicted molar refractivity (Wildman–Crippen MR) is 119 cm³/mol. The second-order valence-electron chi connectivity index (χ2n) is 8.63. The molecule has 8 nitrogen and oxygen atoms in total. The molecule has 0 N–H and O–H groups in total. The van der Waals surface area contributed by atoms with E-state index >= 15 is 0 Å². The molecule has 4 aromatic rings. The molecule has 3 heterocycles. The lowest BCUT2D eigenvalue weighted by Gasteiger charge is -2.15. The van der Waals surface area contributed by atoms with Gasteiger partial charge in [-0.05, 0) is 55.7 Å². The highest BCUT2D eigenvalue weighted by Gasteiger charge is 2.43. The molecular weight excluding hydrogens is 404 g/mol. The summed E-state index contributed by atoms with van der Waals surface area (Å²) in [5.41, 5.74) is 2.27. The van der Waals surface area contributed by atoms with Crippen molar-refractivity contribution in [3.63, 3.8) is 0 Å². The molecule has 1 aromatic carbocycles. The number of nitrogens with zero attached hydrogens (tertiary/aromatic N) is 6. The van der Waals surface area contributed by atoms with Gasteiger partial charge in [0.05, 0.1) is 49.3 Å². The molecule has 2 fully saturated rings. The van der Waals surface area contributed by atoms with Gasteiger partial charge in [0.2, 0.25) is 0 Å². The Kier molecular flexibility index (Phi) is 4.45. The van der Waals surface area contributed by atoms with Gasteiger partial charge in [0.25, 0.3) is 5.43 Å². The monoisotopic (exact) mass is 428 g/mol. The van der Waals surface area contributed by atoms with Gasteiger partial charge in [-0.3, -0.25) is 9.48 Å². The van der Waals surface area contributed by atoms with E-state index in [1.807, 2.05) is 42.7 Å². The molecule has 0 unspecified atom stereocenters. The predicted octanol–water partition coefficient (Wildman–Crippen LogP) is 3.65. The van der Waals surface area contributed by atoms with Crippen LogP contribution in [0.25, 0.3) is 22.8 Å². The highest BCUT2D eigenvalue weighted by molar-refractivity contribution is 5.59. The Hall–Kier alpha value is -3.68. The SMILES string of the molecule is COc1cn(-c2cnn(C(C3CC3)C3CC3)c2)nc(-c2ccnn2-c2ccccc2)c1=O. The van der Waals surface area contributed by atoms with Crippen molar-refractivity contribution in [2.45, 2.75) is 31.7 Å². The molecule has 2 saturated carbocycles. The van der Waals surface area contributed by atoms with Crippen LogP contribution >= 0.6 is 0 Å². The van der Waals surface area contributed by atoms with Crippen LogP contribution in [0.3, 0.4) is 0 Å². The molecule has 0 atom stereocenters. The summed E-state index contributed by atoms with van der Waals surface area (Å²) >= 11 is 0. The minimum absolute atomic E-state index is 0.226. The maximum Gasteiger partial charge on any atom is 0.251 e. The molecule has 0 spiro atoms. The van der Waals surface area contributed by atoms with Gasteiger partial charge in [-0.1, -0.05) is 18.2 Å². The summed E-state index contributed by atoms with van der Waals surface area (Å²) in [6.07, 6.45) is 12.3. The molecule has 0 aliphatic heterocycles. The molecule has 0 bridgehead atoms. The van der Waals surface area contributed by atoms with Crippen molar-refractivity contribution in [1.82, 2.24) is 29.3 Å². The average molecular weight is 428 g/mol. The number of aromatic nitrogens is 6. The molecule has 3 aromatic heterocycles. The Bertz CT molecular complexity index is 1300. The smallest absolute Gasteiger partial charge is 0.251 e. The van der Waals surface area contributed by atoms with E-state index in [1.165, 1.54) is 32.8 Å². The van der Waals surface area contributed by atoms with E-state index in [9.17, 15) is 4.79 Å². The number of rotatable bonds is 7. The van der Waals surface area contributed by atoms with Crippen LogP contribution in [0.15, 0.2) is 66.0 Å². The minimum Gasteiger partial charge on any atom is -0.491 e. The summed E-state index contributed by atoms with van der Waals surface area (Å²) in [5.74, 6) is 1.70. The van der Waals surface area contributed by atoms with Crippen LogP contribution in [0, 0.1) is 11.8 Å². The summed E-state index contributed by atoms with van der Waals surface area (Å²) in [6, 6.07) is 12.0. The molecule has 6 rings (SSSR count). The Labute approximate surface area is 185 Å². The second-order valence-corrected chi connectivity index (χ2v) is 8.63. The number of ether oxygens (including phenoxy) is 1. The van der Waals surface area contributed by atoms with Gasteiger partial charge in [0.15, 0.2) is 11.4 Å². The highest BCUT2D eigenvalue weighted by Crippen LogP contribution is 2.51. The van der Waals surface area contributed by atoms with Crippen molar-refractivity contribution in [1.29, 1.82) is 0 Å². The van der Waals surface area contributed by atoms with Gasteiger partial charge >= 0.3 is 0 Å². The van der Waals surface area contributed by atoms with E-state index in [0.717, 1.165) is 23.2 Å². The number of hydrogen-bond donors (Lipinski definition) is 0. The van der Waals surface area contributed by atoms with Crippen LogP contribution in [0.1, 0.15) is 31.7 Å². The summed E-state index contributed by atoms with van der Waals surface area (Å²) in [7, 11) is 1.50. The summed E-state index contributed by atoms with van der Waals surface area (Å²) in [4.78, 5) is 13.1. The zero-order chi connectivity index (χ0) is 21.7. The van der Waals surface area contributed by atoms with E-state index in [4.69, 9.17) is 4.74 Å². The van der Waals surface area contributed by atoms with Gasteiger partial charge in [-0.15, -0.1) is 0 Å². The lowest BCUT2D eigenvalue weighted by molar-refractivity contribution is 0.360. The molecule has 32 heavy (non-hydrogen) atoms. The standard InChI is InChI=1S/C24H24N6O2/c1-32-21-15-28(19-13-26-29(14-19)23(16-7-8-16)17-9-10-17)27-22(24(21)31)20-11-12-25-30(20)18-5-3-2-4-6-18/h2-6,11-17,23H,7-10H2,1H3. The summed E-state index contributed by atoms with van der Waals surface area (Å²) in [6.45, 7) is 0. The average Bonchev–Trinajstić information content (AvgIpc) is 3.74. The molecule has 0 amide bonds.